The Morgan fingerprint density at radius 3 is 2.00 bits per heavy atom. The molecule has 0 rings (SSSR count). The lowest BCUT2D eigenvalue weighted by molar-refractivity contribution is 0.403. The lowest BCUT2D eigenvalue weighted by atomic mass is 9.97. The molecular formula is C12H28N2. The van der Waals surface area contributed by atoms with Crippen LogP contribution >= 0.6 is 0 Å². The molecule has 0 aliphatic heterocycles. The third-order valence-electron chi connectivity index (χ3n) is 3.21. The molecule has 14 heavy (non-hydrogen) atoms. The molecule has 86 valence electrons. The maximum Gasteiger partial charge on any atom is 0.0547 e. The van der Waals surface area contributed by atoms with Gasteiger partial charge in [-0.05, 0) is 18.3 Å². The average Bonchev–Trinajstić information content (AvgIpc) is 2.16. The molecule has 0 fully saturated rings. The van der Waals surface area contributed by atoms with Crippen LogP contribution in [0.4, 0.5) is 0 Å². The van der Waals surface area contributed by atoms with Crippen molar-refractivity contribution in [3.63, 3.8) is 0 Å². The van der Waals surface area contributed by atoms with Crippen molar-refractivity contribution < 1.29 is 0 Å². The van der Waals surface area contributed by atoms with Crippen LogP contribution in [0, 0.1) is 11.8 Å². The molecule has 0 amide bonds. The molecule has 2 nitrogen and oxygen atoms in total. The molecule has 0 aromatic rings. The zero-order valence-electron chi connectivity index (χ0n) is 10.1. The molecule has 4 N–H and O–H groups in total. The summed E-state index contributed by atoms with van der Waals surface area (Å²) in [6, 6.07) is 0. The number of nitrogens with two attached hydrogens (primary N) is 2. The molecule has 0 aromatic carbocycles. The Bertz CT molecular complexity index is 123. The topological polar surface area (TPSA) is 52.0 Å². The highest BCUT2D eigenvalue weighted by Crippen LogP contribution is 2.15. The summed E-state index contributed by atoms with van der Waals surface area (Å²) < 4.78 is 0. The normalized spacial score (nSPS) is 15.9. The summed E-state index contributed by atoms with van der Waals surface area (Å²) in [5, 5.41) is 0. The first-order chi connectivity index (χ1) is 6.57. The van der Waals surface area contributed by atoms with Gasteiger partial charge in [0, 0.05) is 0 Å². The van der Waals surface area contributed by atoms with Crippen LogP contribution in [0.1, 0.15) is 59.3 Å². The van der Waals surface area contributed by atoms with Crippen LogP contribution in [-0.4, -0.2) is 6.17 Å². The summed E-state index contributed by atoms with van der Waals surface area (Å²) in [5.41, 5.74) is 11.2. The van der Waals surface area contributed by atoms with Gasteiger partial charge in [-0.15, -0.1) is 0 Å². The fourth-order valence-corrected chi connectivity index (χ4v) is 1.53. The van der Waals surface area contributed by atoms with Crippen molar-refractivity contribution in [3.8, 4) is 0 Å². The summed E-state index contributed by atoms with van der Waals surface area (Å²) in [4.78, 5) is 0. The van der Waals surface area contributed by atoms with Gasteiger partial charge in [0.25, 0.3) is 0 Å². The van der Waals surface area contributed by atoms with E-state index in [1.165, 1.54) is 38.5 Å². The molecule has 0 radical (unpaired) electrons. The van der Waals surface area contributed by atoms with Gasteiger partial charge in [-0.2, -0.15) is 0 Å². The Morgan fingerprint density at radius 2 is 1.50 bits per heavy atom. The lowest BCUT2D eigenvalue weighted by Gasteiger charge is -2.15. The van der Waals surface area contributed by atoms with Crippen molar-refractivity contribution in [3.05, 3.63) is 0 Å². The molecule has 0 aliphatic rings. The molecule has 0 bridgehead atoms. The zero-order valence-corrected chi connectivity index (χ0v) is 10.1. The summed E-state index contributed by atoms with van der Waals surface area (Å²) in [5.74, 6) is 1.36. The van der Waals surface area contributed by atoms with Crippen LogP contribution < -0.4 is 11.5 Å². The van der Waals surface area contributed by atoms with Gasteiger partial charge in [0.1, 0.15) is 0 Å². The van der Waals surface area contributed by atoms with Crippen LogP contribution in [0.3, 0.4) is 0 Å². The smallest absolute Gasteiger partial charge is 0.0547 e. The van der Waals surface area contributed by atoms with Gasteiger partial charge < -0.3 is 11.5 Å². The van der Waals surface area contributed by atoms with Gasteiger partial charge in [0.05, 0.1) is 6.17 Å². The van der Waals surface area contributed by atoms with E-state index in [0.717, 1.165) is 5.92 Å². The molecule has 2 heteroatoms. The highest BCUT2D eigenvalue weighted by molar-refractivity contribution is 4.62. The van der Waals surface area contributed by atoms with Crippen molar-refractivity contribution in [2.75, 3.05) is 0 Å². The van der Waals surface area contributed by atoms with Crippen molar-refractivity contribution in [1.82, 2.24) is 0 Å². The Kier molecular flexibility index (Phi) is 8.20. The van der Waals surface area contributed by atoms with Gasteiger partial charge >= 0.3 is 0 Å². The van der Waals surface area contributed by atoms with Gasteiger partial charge in [0.2, 0.25) is 0 Å². The molecule has 0 aliphatic carbocycles. The molecule has 2 unspecified atom stereocenters. The van der Waals surface area contributed by atoms with E-state index in [4.69, 9.17) is 11.5 Å². The minimum absolute atomic E-state index is 0.135. The van der Waals surface area contributed by atoms with Crippen LogP contribution in [0.25, 0.3) is 0 Å². The molecule has 0 aromatic heterocycles. The first kappa shape index (κ1) is 13.9. The Morgan fingerprint density at radius 1 is 0.929 bits per heavy atom. The van der Waals surface area contributed by atoms with E-state index in [1.54, 1.807) is 0 Å². The minimum Gasteiger partial charge on any atom is -0.316 e. The minimum atomic E-state index is -0.135. The number of hydrogen-bond acceptors (Lipinski definition) is 2. The highest BCUT2D eigenvalue weighted by Gasteiger charge is 2.06. The van der Waals surface area contributed by atoms with Gasteiger partial charge in [-0.3, -0.25) is 0 Å². The van der Waals surface area contributed by atoms with Crippen LogP contribution in [0.2, 0.25) is 0 Å². The number of rotatable bonds is 8. The quantitative estimate of drug-likeness (QED) is 0.467. The van der Waals surface area contributed by atoms with E-state index < -0.39 is 0 Å². The third-order valence-corrected chi connectivity index (χ3v) is 3.21. The fraction of sp³-hybridized carbons (Fsp3) is 1.00. The second-order valence-corrected chi connectivity index (χ2v) is 4.71. The lowest BCUT2D eigenvalue weighted by Crippen LogP contribution is -2.37. The fourth-order valence-electron chi connectivity index (χ4n) is 1.53. The zero-order chi connectivity index (χ0) is 11.0. The molecule has 0 heterocycles. The second kappa shape index (κ2) is 8.25. The van der Waals surface area contributed by atoms with Crippen molar-refractivity contribution in [1.29, 1.82) is 0 Å². The standard InChI is InChI=1S/C12H28N2/c1-4-10(2)8-6-5-7-9-11(3)12(13)14/h10-12H,4-9,13-14H2,1-3H3. The van der Waals surface area contributed by atoms with E-state index in [0.29, 0.717) is 5.92 Å². The van der Waals surface area contributed by atoms with Crippen LogP contribution in [0.5, 0.6) is 0 Å². The van der Waals surface area contributed by atoms with E-state index in [9.17, 15) is 0 Å². The van der Waals surface area contributed by atoms with Crippen molar-refractivity contribution in [2.45, 2.75) is 65.5 Å². The largest absolute Gasteiger partial charge is 0.316 e. The summed E-state index contributed by atoms with van der Waals surface area (Å²) >= 11 is 0. The maximum absolute atomic E-state index is 5.60. The summed E-state index contributed by atoms with van der Waals surface area (Å²) in [6.07, 6.45) is 7.71. The molecule has 0 saturated heterocycles. The molecule has 0 saturated carbocycles. The monoisotopic (exact) mass is 200 g/mol. The first-order valence-corrected chi connectivity index (χ1v) is 6.09. The predicted molar refractivity (Wildman–Crippen MR) is 63.9 cm³/mol. The van der Waals surface area contributed by atoms with Crippen molar-refractivity contribution in [2.24, 2.45) is 23.3 Å². The summed E-state index contributed by atoms with van der Waals surface area (Å²) in [7, 11) is 0. The maximum atomic E-state index is 5.60. The Labute approximate surface area is 89.4 Å². The Balaban J connectivity index is 3.21. The van der Waals surface area contributed by atoms with Gasteiger partial charge in [-0.1, -0.05) is 52.9 Å². The van der Waals surface area contributed by atoms with E-state index >= 15 is 0 Å². The Hall–Kier alpha value is -0.0800. The van der Waals surface area contributed by atoms with Crippen LogP contribution in [0.15, 0.2) is 0 Å². The molecule has 0 spiro atoms. The van der Waals surface area contributed by atoms with Gasteiger partial charge in [-0.25, -0.2) is 0 Å². The number of hydrogen-bond donors (Lipinski definition) is 2. The third kappa shape index (κ3) is 7.34. The predicted octanol–water partition coefficient (Wildman–Crippen LogP) is 2.86. The highest BCUT2D eigenvalue weighted by atomic mass is 14.9. The summed E-state index contributed by atoms with van der Waals surface area (Å²) in [6.45, 7) is 6.73. The average molecular weight is 200 g/mol. The molecule has 2 atom stereocenters. The SMILES string of the molecule is CCC(C)CCCCCC(C)C(N)N. The van der Waals surface area contributed by atoms with E-state index in [2.05, 4.69) is 20.8 Å². The number of unbranched alkanes of at least 4 members (excludes halogenated alkanes) is 2. The van der Waals surface area contributed by atoms with E-state index in [1.807, 2.05) is 0 Å². The van der Waals surface area contributed by atoms with Crippen molar-refractivity contribution >= 4 is 0 Å². The van der Waals surface area contributed by atoms with Gasteiger partial charge in [0.15, 0.2) is 0 Å². The molecular weight excluding hydrogens is 172 g/mol. The second-order valence-electron chi connectivity index (χ2n) is 4.71. The van der Waals surface area contributed by atoms with E-state index in [-0.39, 0.29) is 6.17 Å². The first-order valence-electron chi connectivity index (χ1n) is 6.09. The van der Waals surface area contributed by atoms with Crippen LogP contribution in [-0.2, 0) is 0 Å².